The number of sulfonamides is 1. The van der Waals surface area contributed by atoms with Crippen LogP contribution in [0, 0.1) is 0 Å². The van der Waals surface area contributed by atoms with Crippen LogP contribution in [0.1, 0.15) is 35.1 Å². The molecule has 0 aliphatic heterocycles. The molecule has 7 heteroatoms. The second-order valence-corrected chi connectivity index (χ2v) is 8.27. The first-order chi connectivity index (χ1) is 13.0. The summed E-state index contributed by atoms with van der Waals surface area (Å²) in [7, 11) is -3.65. The Balaban J connectivity index is 1.43. The van der Waals surface area contributed by atoms with Crippen molar-refractivity contribution in [1.29, 1.82) is 0 Å². The molecule has 1 heterocycles. The summed E-state index contributed by atoms with van der Waals surface area (Å²) >= 11 is 0. The molecule has 1 fully saturated rings. The van der Waals surface area contributed by atoms with E-state index < -0.39 is 10.0 Å². The number of primary sulfonamides is 1. The second kappa shape index (κ2) is 7.09. The van der Waals surface area contributed by atoms with Crippen LogP contribution in [0.4, 0.5) is 5.95 Å². The Morgan fingerprint density at radius 3 is 2.44 bits per heavy atom. The summed E-state index contributed by atoms with van der Waals surface area (Å²) in [6.07, 6.45) is 2.76. The zero-order valence-corrected chi connectivity index (χ0v) is 15.4. The Morgan fingerprint density at radius 1 is 1.00 bits per heavy atom. The van der Waals surface area contributed by atoms with Gasteiger partial charge in [0.1, 0.15) is 0 Å². The van der Waals surface area contributed by atoms with Crippen LogP contribution in [-0.4, -0.2) is 18.4 Å². The molecule has 0 amide bonds. The molecule has 3 aromatic rings. The summed E-state index contributed by atoms with van der Waals surface area (Å²) in [5.74, 6) is 1.29. The Hall–Kier alpha value is -2.77. The van der Waals surface area contributed by atoms with Gasteiger partial charge in [0.2, 0.25) is 16.0 Å². The summed E-state index contributed by atoms with van der Waals surface area (Å²) in [5, 5.41) is 8.41. The van der Waals surface area contributed by atoms with Crippen LogP contribution >= 0.6 is 0 Å². The van der Waals surface area contributed by atoms with Crippen LogP contribution in [0.15, 0.2) is 71.8 Å². The molecule has 2 unspecified atom stereocenters. The van der Waals surface area contributed by atoms with Gasteiger partial charge in [0, 0.05) is 24.4 Å². The Labute approximate surface area is 158 Å². The lowest BCUT2D eigenvalue weighted by molar-refractivity contribution is 0.598. The molecule has 0 spiro atoms. The molecule has 0 bridgehead atoms. The normalized spacial score (nSPS) is 18.9. The highest BCUT2D eigenvalue weighted by atomic mass is 32.2. The van der Waals surface area contributed by atoms with E-state index in [4.69, 9.17) is 5.14 Å². The zero-order valence-electron chi connectivity index (χ0n) is 14.6. The van der Waals surface area contributed by atoms with Gasteiger partial charge in [0.25, 0.3) is 0 Å². The van der Waals surface area contributed by atoms with Crippen molar-refractivity contribution < 1.29 is 8.42 Å². The maximum atomic E-state index is 11.4. The van der Waals surface area contributed by atoms with Gasteiger partial charge in [0.05, 0.1) is 4.90 Å². The topological polar surface area (TPSA) is 98.0 Å². The molecule has 1 aliphatic rings. The highest BCUT2D eigenvalue weighted by Gasteiger charge is 2.40. The van der Waals surface area contributed by atoms with Gasteiger partial charge >= 0.3 is 0 Å². The van der Waals surface area contributed by atoms with Gasteiger partial charge in [-0.25, -0.2) is 23.5 Å². The maximum absolute atomic E-state index is 11.4. The van der Waals surface area contributed by atoms with E-state index in [0.717, 1.165) is 17.7 Å². The Bertz CT molecular complexity index is 1040. The minimum atomic E-state index is -3.65. The lowest BCUT2D eigenvalue weighted by Crippen LogP contribution is -2.11. The van der Waals surface area contributed by atoms with Crippen LogP contribution in [0.5, 0.6) is 0 Å². The largest absolute Gasteiger partial charge is 0.350 e. The summed E-state index contributed by atoms with van der Waals surface area (Å²) in [4.78, 5) is 9.08. The molecule has 1 aromatic heterocycles. The third kappa shape index (κ3) is 4.15. The third-order valence-corrected chi connectivity index (χ3v) is 5.71. The monoisotopic (exact) mass is 380 g/mol. The van der Waals surface area contributed by atoms with Crippen LogP contribution in [0.25, 0.3) is 0 Å². The number of benzene rings is 2. The van der Waals surface area contributed by atoms with Crippen LogP contribution in [0.3, 0.4) is 0 Å². The molecule has 0 radical (unpaired) electrons. The fourth-order valence-electron chi connectivity index (χ4n) is 3.24. The summed E-state index contributed by atoms with van der Waals surface area (Å²) in [6, 6.07) is 18.8. The van der Waals surface area contributed by atoms with E-state index in [2.05, 4.69) is 27.4 Å². The molecule has 27 heavy (non-hydrogen) atoms. The average molecular weight is 380 g/mol. The highest BCUT2D eigenvalue weighted by molar-refractivity contribution is 7.89. The number of rotatable bonds is 6. The lowest BCUT2D eigenvalue weighted by Gasteiger charge is -2.07. The van der Waals surface area contributed by atoms with Gasteiger partial charge in [-0.1, -0.05) is 42.5 Å². The van der Waals surface area contributed by atoms with Crippen molar-refractivity contribution in [3.05, 3.63) is 83.7 Å². The molecule has 138 valence electrons. The van der Waals surface area contributed by atoms with E-state index >= 15 is 0 Å². The first-order valence-electron chi connectivity index (χ1n) is 8.74. The van der Waals surface area contributed by atoms with E-state index in [9.17, 15) is 8.42 Å². The second-order valence-electron chi connectivity index (χ2n) is 6.71. The lowest BCUT2D eigenvalue weighted by atomic mass is 10.1. The van der Waals surface area contributed by atoms with Gasteiger partial charge < -0.3 is 5.32 Å². The van der Waals surface area contributed by atoms with E-state index in [1.165, 1.54) is 5.56 Å². The minimum Gasteiger partial charge on any atom is -0.350 e. The van der Waals surface area contributed by atoms with E-state index in [0.29, 0.717) is 24.3 Å². The third-order valence-electron chi connectivity index (χ3n) is 4.78. The van der Waals surface area contributed by atoms with Crippen molar-refractivity contribution in [1.82, 2.24) is 9.97 Å². The molecule has 3 N–H and O–H groups in total. The smallest absolute Gasteiger partial charge is 0.238 e. The fraction of sp³-hybridized carbons (Fsp3) is 0.200. The van der Waals surface area contributed by atoms with Gasteiger partial charge in [-0.2, -0.15) is 0 Å². The van der Waals surface area contributed by atoms with Crippen LogP contribution in [0.2, 0.25) is 0 Å². The van der Waals surface area contributed by atoms with E-state index in [1.54, 1.807) is 18.3 Å². The number of nitrogens with zero attached hydrogens (tertiary/aromatic N) is 2. The highest BCUT2D eigenvalue weighted by Crippen LogP contribution is 2.54. The number of anilines is 1. The molecule has 0 saturated heterocycles. The maximum Gasteiger partial charge on any atom is 0.238 e. The first kappa shape index (κ1) is 17.6. The van der Waals surface area contributed by atoms with Gasteiger partial charge in [-0.05, 0) is 41.7 Å². The summed E-state index contributed by atoms with van der Waals surface area (Å²) < 4.78 is 22.7. The SMILES string of the molecule is NS(=O)(=O)c1ccc(C2CC2c2ccnc(NCc3ccccc3)n2)cc1. The number of nitrogens with one attached hydrogen (secondary N) is 1. The van der Waals surface area contributed by atoms with Crippen molar-refractivity contribution in [2.45, 2.75) is 29.7 Å². The Morgan fingerprint density at radius 2 is 1.74 bits per heavy atom. The minimum absolute atomic E-state index is 0.137. The summed E-state index contributed by atoms with van der Waals surface area (Å²) in [6.45, 7) is 0.674. The number of hydrogen-bond acceptors (Lipinski definition) is 5. The number of hydrogen-bond donors (Lipinski definition) is 2. The zero-order chi connectivity index (χ0) is 18.9. The molecule has 2 aromatic carbocycles. The quantitative estimate of drug-likeness (QED) is 0.685. The molecule has 1 saturated carbocycles. The van der Waals surface area contributed by atoms with Crippen molar-refractivity contribution in [3.8, 4) is 0 Å². The predicted octanol–water partition coefficient (Wildman–Crippen LogP) is 3.01. The van der Waals surface area contributed by atoms with Crippen LogP contribution in [-0.2, 0) is 16.6 Å². The van der Waals surface area contributed by atoms with Gasteiger partial charge in [-0.15, -0.1) is 0 Å². The number of aromatic nitrogens is 2. The van der Waals surface area contributed by atoms with Crippen molar-refractivity contribution >= 4 is 16.0 Å². The van der Waals surface area contributed by atoms with E-state index in [1.807, 2.05) is 36.4 Å². The molecule has 2 atom stereocenters. The molecule has 1 aliphatic carbocycles. The molecular weight excluding hydrogens is 360 g/mol. The van der Waals surface area contributed by atoms with Crippen molar-refractivity contribution in [3.63, 3.8) is 0 Å². The van der Waals surface area contributed by atoms with Crippen LogP contribution < -0.4 is 10.5 Å². The van der Waals surface area contributed by atoms with Crippen molar-refractivity contribution in [2.24, 2.45) is 5.14 Å². The Kier molecular flexibility index (Phi) is 4.63. The molecule has 6 nitrogen and oxygen atoms in total. The number of nitrogens with two attached hydrogens (primary N) is 1. The molecular formula is C20H20N4O2S. The standard InChI is InChI=1S/C20H20N4O2S/c21-27(25,26)16-8-6-15(7-9-16)17-12-18(17)19-10-11-22-20(24-19)23-13-14-4-2-1-3-5-14/h1-11,17-18H,12-13H2,(H2,21,25,26)(H,22,23,24). The predicted molar refractivity (Wildman–Crippen MR) is 104 cm³/mol. The van der Waals surface area contributed by atoms with Gasteiger partial charge in [0.15, 0.2) is 0 Å². The molecule has 4 rings (SSSR count). The fourth-order valence-corrected chi connectivity index (χ4v) is 3.75. The van der Waals surface area contributed by atoms with Gasteiger partial charge in [-0.3, -0.25) is 0 Å². The average Bonchev–Trinajstić information content (AvgIpc) is 3.48. The van der Waals surface area contributed by atoms with Crippen molar-refractivity contribution in [2.75, 3.05) is 5.32 Å². The summed E-state index contributed by atoms with van der Waals surface area (Å²) in [5.41, 5.74) is 3.27. The van der Waals surface area contributed by atoms with E-state index in [-0.39, 0.29) is 4.90 Å². The first-order valence-corrected chi connectivity index (χ1v) is 10.3.